The van der Waals surface area contributed by atoms with E-state index in [0.717, 1.165) is 31.1 Å². The molecule has 0 radical (unpaired) electrons. The first kappa shape index (κ1) is 36.6. The smallest absolute Gasteiger partial charge is 0.332 e. The zero-order valence-electron chi connectivity index (χ0n) is 24.4. The summed E-state index contributed by atoms with van der Waals surface area (Å²) in [4.78, 5) is 67.4. The van der Waals surface area contributed by atoms with Gasteiger partial charge in [0.05, 0.1) is 26.1 Å². The summed E-state index contributed by atoms with van der Waals surface area (Å²) in [6, 6.07) is 0. The van der Waals surface area contributed by atoms with Crippen LogP contribution in [0.5, 0.6) is 0 Å². The Hall–Kier alpha value is -4.38. The van der Waals surface area contributed by atoms with Crippen molar-refractivity contribution in [3.05, 3.63) is 41.7 Å². The topological polar surface area (TPSA) is 251 Å². The van der Waals surface area contributed by atoms with E-state index < -0.39 is 28.5 Å². The third-order valence-electron chi connectivity index (χ3n) is 5.35. The van der Waals surface area contributed by atoms with Crippen LogP contribution in [0.3, 0.4) is 0 Å². The van der Waals surface area contributed by atoms with Gasteiger partial charge in [0.1, 0.15) is 23.0 Å². The van der Waals surface area contributed by atoms with Crippen molar-refractivity contribution in [2.24, 2.45) is 28.2 Å². The molecular weight excluding hydrogens is 544 g/mol. The fraction of sp³-hybridized carbons (Fsp3) is 0.583. The van der Waals surface area contributed by atoms with Crippen molar-refractivity contribution >= 4 is 34.9 Å². The number of nitrogens with zero attached hydrogens (tertiary/aromatic N) is 4. The minimum atomic E-state index is -0.800. The van der Waals surface area contributed by atoms with E-state index in [1.54, 1.807) is 0 Å². The van der Waals surface area contributed by atoms with Gasteiger partial charge in [0.2, 0.25) is 5.91 Å². The van der Waals surface area contributed by atoms with Gasteiger partial charge in [-0.15, -0.1) is 0 Å². The van der Waals surface area contributed by atoms with Crippen molar-refractivity contribution in [3.63, 3.8) is 0 Å². The lowest BCUT2D eigenvalue weighted by molar-refractivity contribution is -0.138. The van der Waals surface area contributed by atoms with Gasteiger partial charge in [-0.25, -0.2) is 9.59 Å². The highest BCUT2D eigenvalue weighted by molar-refractivity contribution is 5.93. The number of nitrogens with one attached hydrogen (secondary N) is 1. The van der Waals surface area contributed by atoms with Crippen LogP contribution in [0.1, 0.15) is 39.5 Å². The van der Waals surface area contributed by atoms with Gasteiger partial charge in [-0.05, 0) is 12.8 Å². The van der Waals surface area contributed by atoms with Gasteiger partial charge >= 0.3 is 17.3 Å². The van der Waals surface area contributed by atoms with Crippen LogP contribution in [-0.4, -0.2) is 61.7 Å². The van der Waals surface area contributed by atoms with Gasteiger partial charge < -0.3 is 37.1 Å². The summed E-state index contributed by atoms with van der Waals surface area (Å²) < 4.78 is 14.1. The standard InChI is InChI=1S/C12H20N4O4.C6H10N4O2.C6H12O3/c1-4-6-20-7-5-8(17)14-9-10(13)15(2)12(19)16(3)11(9)18;1-9-4(8)3(7)5(11)10(2)6(9)12;1-2-4-9-5-3-6(7)8/h4-7,13H2,1-3H3,(H,14,17);7-8H2,1-2H3;2-5H2,1H3,(H,7,8). The van der Waals surface area contributed by atoms with E-state index in [2.05, 4.69) is 5.32 Å². The number of amides is 1. The molecule has 232 valence electrons. The molecule has 0 spiro atoms. The molecule has 0 fully saturated rings. The van der Waals surface area contributed by atoms with E-state index in [1.807, 2.05) is 13.8 Å². The molecule has 17 nitrogen and oxygen atoms in total. The van der Waals surface area contributed by atoms with E-state index >= 15 is 0 Å². The number of carbonyl (C=O) groups excluding carboxylic acids is 1. The quantitative estimate of drug-likeness (QED) is 0.190. The molecule has 1 amide bonds. The third kappa shape index (κ3) is 11.3. The predicted molar refractivity (Wildman–Crippen MR) is 155 cm³/mol. The molecule has 8 N–H and O–H groups in total. The molecule has 17 heteroatoms. The summed E-state index contributed by atoms with van der Waals surface area (Å²) in [6.45, 7) is 5.80. The number of carboxylic acid groups (broad SMARTS) is 1. The highest BCUT2D eigenvalue weighted by atomic mass is 16.5. The van der Waals surface area contributed by atoms with Gasteiger partial charge in [-0.1, -0.05) is 13.8 Å². The zero-order valence-corrected chi connectivity index (χ0v) is 24.4. The maximum atomic E-state index is 11.9. The number of hydrogen-bond donors (Lipinski definition) is 5. The second-order valence-corrected chi connectivity index (χ2v) is 8.64. The maximum Gasteiger partial charge on any atom is 0.332 e. The molecule has 0 saturated heterocycles. The number of aromatic nitrogens is 4. The average Bonchev–Trinajstić information content (AvgIpc) is 2.95. The first-order valence-corrected chi connectivity index (χ1v) is 12.7. The number of anilines is 4. The Morgan fingerprint density at radius 3 is 1.61 bits per heavy atom. The Labute approximate surface area is 236 Å². The van der Waals surface area contributed by atoms with Gasteiger partial charge in [0.25, 0.3) is 11.1 Å². The molecule has 0 aliphatic rings. The van der Waals surface area contributed by atoms with E-state index in [-0.39, 0.29) is 48.4 Å². The van der Waals surface area contributed by atoms with Gasteiger partial charge in [-0.3, -0.25) is 37.4 Å². The third-order valence-corrected chi connectivity index (χ3v) is 5.35. The lowest BCUT2D eigenvalue weighted by Crippen LogP contribution is -2.40. The Morgan fingerprint density at radius 2 is 1.15 bits per heavy atom. The molecular formula is C24H42N8O9. The average molecular weight is 587 g/mol. The van der Waals surface area contributed by atoms with Crippen LogP contribution in [0.2, 0.25) is 0 Å². The fourth-order valence-electron chi connectivity index (χ4n) is 2.88. The summed E-state index contributed by atoms with van der Waals surface area (Å²) >= 11 is 0. The number of ether oxygens (including phenoxy) is 2. The summed E-state index contributed by atoms with van der Waals surface area (Å²) in [5, 5.41) is 10.6. The van der Waals surface area contributed by atoms with E-state index in [0.29, 0.717) is 19.8 Å². The summed E-state index contributed by atoms with van der Waals surface area (Å²) in [6.07, 6.45) is 2.04. The number of aliphatic carboxylic acids is 1. The number of rotatable bonds is 11. The van der Waals surface area contributed by atoms with Crippen LogP contribution in [0.4, 0.5) is 23.0 Å². The second-order valence-electron chi connectivity index (χ2n) is 8.64. The second kappa shape index (κ2) is 18.1. The van der Waals surface area contributed by atoms with Crippen LogP contribution in [0, 0.1) is 0 Å². The molecule has 0 aliphatic carbocycles. The highest BCUT2D eigenvalue weighted by Crippen LogP contribution is 2.09. The van der Waals surface area contributed by atoms with E-state index in [9.17, 15) is 28.8 Å². The molecule has 0 aliphatic heterocycles. The molecule has 0 atom stereocenters. The van der Waals surface area contributed by atoms with Gasteiger partial charge in [0, 0.05) is 41.4 Å². The zero-order chi connectivity index (χ0) is 31.9. The van der Waals surface area contributed by atoms with Crippen molar-refractivity contribution in [1.82, 2.24) is 18.3 Å². The van der Waals surface area contributed by atoms with Crippen molar-refractivity contribution in [3.8, 4) is 0 Å². The first-order valence-electron chi connectivity index (χ1n) is 12.7. The minimum Gasteiger partial charge on any atom is -0.481 e. The molecule has 41 heavy (non-hydrogen) atoms. The van der Waals surface area contributed by atoms with Crippen LogP contribution in [-0.2, 0) is 47.3 Å². The predicted octanol–water partition coefficient (Wildman–Crippen LogP) is -1.44. The number of carbonyl (C=O) groups is 2. The van der Waals surface area contributed by atoms with Crippen molar-refractivity contribution in [1.29, 1.82) is 0 Å². The van der Waals surface area contributed by atoms with Crippen molar-refractivity contribution < 1.29 is 24.2 Å². The molecule has 2 rings (SSSR count). The SMILES string of the molecule is CCCOCCC(=O)Nc1c(N)n(C)c(=O)n(C)c1=O.CCCOCCC(=O)O.Cn1c(N)c(N)c(=O)n(C)c1=O. The molecule has 2 aromatic heterocycles. The number of nitrogen functional groups attached to an aromatic ring is 3. The summed E-state index contributed by atoms with van der Waals surface area (Å²) in [5.74, 6) is -1.25. The normalized spacial score (nSPS) is 10.2. The van der Waals surface area contributed by atoms with E-state index in [4.69, 9.17) is 31.8 Å². The number of carboxylic acids is 1. The minimum absolute atomic E-state index is 0.00287. The molecule has 2 aromatic rings. The molecule has 2 heterocycles. The Bertz CT molecular complexity index is 1370. The van der Waals surface area contributed by atoms with Crippen molar-refractivity contribution in [2.45, 2.75) is 39.5 Å². The van der Waals surface area contributed by atoms with Crippen LogP contribution >= 0.6 is 0 Å². The summed E-state index contributed by atoms with van der Waals surface area (Å²) in [7, 11) is 5.55. The lowest BCUT2D eigenvalue weighted by Gasteiger charge is -2.12. The summed E-state index contributed by atoms with van der Waals surface area (Å²) in [5.41, 5.74) is 14.0. The van der Waals surface area contributed by atoms with Gasteiger partial charge in [-0.2, -0.15) is 0 Å². The fourth-order valence-corrected chi connectivity index (χ4v) is 2.88. The Kier molecular flexibility index (Phi) is 16.1. The lowest BCUT2D eigenvalue weighted by atomic mass is 10.3. The largest absolute Gasteiger partial charge is 0.481 e. The monoisotopic (exact) mass is 586 g/mol. The maximum absolute atomic E-state index is 11.9. The molecule has 0 saturated carbocycles. The first-order chi connectivity index (χ1) is 19.1. The van der Waals surface area contributed by atoms with Crippen LogP contribution in [0.15, 0.2) is 19.2 Å². The Morgan fingerprint density at radius 1 is 0.707 bits per heavy atom. The molecule has 0 aromatic carbocycles. The van der Waals surface area contributed by atoms with Crippen LogP contribution in [0.25, 0.3) is 0 Å². The number of hydrogen-bond acceptors (Lipinski definition) is 11. The number of nitrogens with two attached hydrogens (primary N) is 3. The molecule has 0 unspecified atom stereocenters. The highest BCUT2D eigenvalue weighted by Gasteiger charge is 2.15. The van der Waals surface area contributed by atoms with E-state index in [1.165, 1.54) is 28.2 Å². The van der Waals surface area contributed by atoms with Gasteiger partial charge in [0.15, 0.2) is 0 Å². The molecule has 0 bridgehead atoms. The van der Waals surface area contributed by atoms with Crippen LogP contribution < -0.4 is 45.0 Å². The van der Waals surface area contributed by atoms with Crippen molar-refractivity contribution in [2.75, 3.05) is 48.9 Å². The Balaban J connectivity index is 0.000000646.